The van der Waals surface area contributed by atoms with Crippen LogP contribution in [0.3, 0.4) is 0 Å². The summed E-state index contributed by atoms with van der Waals surface area (Å²) in [5, 5.41) is 4.33. The van der Waals surface area contributed by atoms with Crippen molar-refractivity contribution in [3.8, 4) is 5.75 Å². The quantitative estimate of drug-likeness (QED) is 0.895. The summed E-state index contributed by atoms with van der Waals surface area (Å²) in [5.74, 6) is 0.857. The first kappa shape index (κ1) is 13.7. The molecule has 0 aromatic heterocycles. The average Bonchev–Trinajstić information content (AvgIpc) is 2.30. The summed E-state index contributed by atoms with van der Waals surface area (Å²) in [6, 6.07) is 4.06. The van der Waals surface area contributed by atoms with Crippen LogP contribution >= 0.6 is 11.6 Å². The molecule has 2 rings (SSSR count). The van der Waals surface area contributed by atoms with Crippen LogP contribution in [0.25, 0.3) is 0 Å². The van der Waals surface area contributed by atoms with Crippen LogP contribution in [0.2, 0.25) is 5.02 Å². The lowest BCUT2D eigenvalue weighted by molar-refractivity contribution is 0.0122. The molecule has 1 saturated heterocycles. The van der Waals surface area contributed by atoms with Crippen molar-refractivity contribution in [1.29, 1.82) is 0 Å². The second-order valence-electron chi connectivity index (χ2n) is 5.44. The molecule has 1 aromatic rings. The van der Waals surface area contributed by atoms with E-state index in [-0.39, 0.29) is 11.6 Å². The van der Waals surface area contributed by atoms with Crippen LogP contribution < -0.4 is 10.1 Å². The molecule has 1 fully saturated rings. The molecule has 0 saturated carbocycles. The number of methoxy groups -OCH3 is 1. The van der Waals surface area contributed by atoms with Gasteiger partial charge in [0.15, 0.2) is 0 Å². The minimum absolute atomic E-state index is 0.0364. The minimum atomic E-state index is -0.0364. The lowest BCUT2D eigenvalue weighted by Crippen LogP contribution is -2.51. The topological polar surface area (TPSA) is 30.5 Å². The van der Waals surface area contributed by atoms with E-state index in [0.29, 0.717) is 13.2 Å². The van der Waals surface area contributed by atoms with Crippen molar-refractivity contribution >= 4 is 11.6 Å². The number of morpholine rings is 1. The third-order valence-electron chi connectivity index (χ3n) is 3.20. The van der Waals surface area contributed by atoms with Crippen molar-refractivity contribution in [1.82, 2.24) is 5.32 Å². The molecule has 18 heavy (non-hydrogen) atoms. The molecule has 4 heteroatoms. The number of aryl methyl sites for hydroxylation is 1. The lowest BCUT2D eigenvalue weighted by atomic mass is 9.97. The van der Waals surface area contributed by atoms with E-state index in [4.69, 9.17) is 21.1 Å². The largest absolute Gasteiger partial charge is 0.496 e. The molecular formula is C14H20ClNO2. The molecule has 1 N–H and O–H groups in total. The standard InChI is InChI=1S/C14H20ClNO2/c1-9-5-13(17-4)10(6-11(9)15)12-7-18-8-14(2,3)16-12/h5-6,12,16H,7-8H2,1-4H3. The van der Waals surface area contributed by atoms with E-state index >= 15 is 0 Å². The maximum Gasteiger partial charge on any atom is 0.124 e. The molecular weight excluding hydrogens is 250 g/mol. The van der Waals surface area contributed by atoms with E-state index in [1.54, 1.807) is 7.11 Å². The zero-order valence-electron chi connectivity index (χ0n) is 11.3. The fraction of sp³-hybridized carbons (Fsp3) is 0.571. The SMILES string of the molecule is COc1cc(C)c(Cl)cc1C1COCC(C)(C)N1. The Hall–Kier alpha value is -0.770. The first-order valence-corrected chi connectivity index (χ1v) is 6.50. The van der Waals surface area contributed by atoms with Crippen molar-refractivity contribution < 1.29 is 9.47 Å². The van der Waals surface area contributed by atoms with Gasteiger partial charge in [-0.1, -0.05) is 11.6 Å². The normalized spacial score (nSPS) is 22.8. The van der Waals surface area contributed by atoms with Gasteiger partial charge in [-0.3, -0.25) is 0 Å². The van der Waals surface area contributed by atoms with Gasteiger partial charge in [-0.05, 0) is 38.5 Å². The van der Waals surface area contributed by atoms with Crippen molar-refractivity contribution in [2.45, 2.75) is 32.4 Å². The monoisotopic (exact) mass is 269 g/mol. The Bertz CT molecular complexity index is 446. The van der Waals surface area contributed by atoms with Gasteiger partial charge in [-0.15, -0.1) is 0 Å². The molecule has 100 valence electrons. The molecule has 0 radical (unpaired) electrons. The molecule has 3 nitrogen and oxygen atoms in total. The fourth-order valence-corrected chi connectivity index (χ4v) is 2.45. The van der Waals surface area contributed by atoms with Gasteiger partial charge in [0.05, 0.1) is 26.4 Å². The zero-order chi connectivity index (χ0) is 13.3. The maximum absolute atomic E-state index is 6.21. The number of hydrogen-bond donors (Lipinski definition) is 1. The van der Waals surface area contributed by atoms with E-state index in [2.05, 4.69) is 19.2 Å². The van der Waals surface area contributed by atoms with E-state index in [9.17, 15) is 0 Å². The van der Waals surface area contributed by atoms with Crippen molar-refractivity contribution in [2.24, 2.45) is 0 Å². The summed E-state index contributed by atoms with van der Waals surface area (Å²) in [4.78, 5) is 0. The van der Waals surface area contributed by atoms with Gasteiger partial charge in [0.25, 0.3) is 0 Å². The van der Waals surface area contributed by atoms with Crippen LogP contribution in [-0.2, 0) is 4.74 Å². The Morgan fingerprint density at radius 1 is 1.44 bits per heavy atom. The molecule has 0 bridgehead atoms. The smallest absolute Gasteiger partial charge is 0.124 e. The predicted octanol–water partition coefficient (Wildman–Crippen LogP) is 3.10. The molecule has 1 unspecified atom stereocenters. The summed E-state index contributed by atoms with van der Waals surface area (Å²) >= 11 is 6.21. The van der Waals surface area contributed by atoms with Gasteiger partial charge < -0.3 is 14.8 Å². The van der Waals surface area contributed by atoms with Crippen LogP contribution in [-0.4, -0.2) is 25.9 Å². The first-order chi connectivity index (χ1) is 8.43. The lowest BCUT2D eigenvalue weighted by Gasteiger charge is -2.37. The molecule has 0 amide bonds. The number of hydrogen-bond acceptors (Lipinski definition) is 3. The molecule has 1 atom stereocenters. The van der Waals surface area contributed by atoms with Gasteiger partial charge in [0.2, 0.25) is 0 Å². The van der Waals surface area contributed by atoms with Gasteiger partial charge in [0, 0.05) is 16.1 Å². The van der Waals surface area contributed by atoms with E-state index < -0.39 is 0 Å². The van der Waals surface area contributed by atoms with E-state index in [0.717, 1.165) is 21.9 Å². The van der Waals surface area contributed by atoms with Crippen molar-refractivity contribution in [3.63, 3.8) is 0 Å². The van der Waals surface area contributed by atoms with Gasteiger partial charge in [-0.2, -0.15) is 0 Å². The Morgan fingerprint density at radius 2 is 2.17 bits per heavy atom. The zero-order valence-corrected chi connectivity index (χ0v) is 12.1. The second-order valence-corrected chi connectivity index (χ2v) is 5.85. The van der Waals surface area contributed by atoms with Crippen LogP contribution in [0.1, 0.15) is 31.0 Å². The van der Waals surface area contributed by atoms with Crippen LogP contribution in [0.15, 0.2) is 12.1 Å². The van der Waals surface area contributed by atoms with Crippen LogP contribution in [0.4, 0.5) is 0 Å². The summed E-state index contributed by atoms with van der Waals surface area (Å²) in [5.41, 5.74) is 2.04. The predicted molar refractivity (Wildman–Crippen MR) is 73.5 cm³/mol. The third kappa shape index (κ3) is 2.79. The molecule has 1 heterocycles. The number of nitrogens with one attached hydrogen (secondary N) is 1. The highest BCUT2D eigenvalue weighted by molar-refractivity contribution is 6.31. The Labute approximate surface area is 113 Å². The van der Waals surface area contributed by atoms with Crippen LogP contribution in [0, 0.1) is 6.92 Å². The minimum Gasteiger partial charge on any atom is -0.496 e. The molecule has 1 aliphatic heterocycles. The highest BCUT2D eigenvalue weighted by atomic mass is 35.5. The summed E-state index contributed by atoms with van der Waals surface area (Å²) < 4.78 is 11.1. The van der Waals surface area contributed by atoms with Crippen molar-refractivity contribution in [2.75, 3.05) is 20.3 Å². The van der Waals surface area contributed by atoms with Crippen LogP contribution in [0.5, 0.6) is 5.75 Å². The average molecular weight is 270 g/mol. The highest BCUT2D eigenvalue weighted by Crippen LogP contribution is 2.33. The van der Waals surface area contributed by atoms with Crippen molar-refractivity contribution in [3.05, 3.63) is 28.3 Å². The van der Waals surface area contributed by atoms with E-state index in [1.807, 2.05) is 19.1 Å². The number of benzene rings is 1. The Morgan fingerprint density at radius 3 is 2.78 bits per heavy atom. The first-order valence-electron chi connectivity index (χ1n) is 6.12. The highest BCUT2D eigenvalue weighted by Gasteiger charge is 2.30. The molecule has 1 aliphatic rings. The molecule has 0 spiro atoms. The summed E-state index contributed by atoms with van der Waals surface area (Å²) in [6.45, 7) is 7.58. The molecule has 1 aromatic carbocycles. The maximum atomic E-state index is 6.21. The number of ether oxygens (including phenoxy) is 2. The molecule has 0 aliphatic carbocycles. The fourth-order valence-electron chi connectivity index (χ4n) is 2.27. The third-order valence-corrected chi connectivity index (χ3v) is 3.61. The van der Waals surface area contributed by atoms with Gasteiger partial charge >= 0.3 is 0 Å². The second kappa shape index (κ2) is 5.08. The summed E-state index contributed by atoms with van der Waals surface area (Å²) in [7, 11) is 1.68. The summed E-state index contributed by atoms with van der Waals surface area (Å²) in [6.07, 6.45) is 0. The Balaban J connectivity index is 2.35. The van der Waals surface area contributed by atoms with Gasteiger partial charge in [0.1, 0.15) is 5.75 Å². The number of halogens is 1. The Kier molecular flexibility index (Phi) is 3.85. The van der Waals surface area contributed by atoms with E-state index in [1.165, 1.54) is 0 Å². The number of rotatable bonds is 2. The van der Waals surface area contributed by atoms with Gasteiger partial charge in [-0.25, -0.2) is 0 Å².